The molecule has 0 bridgehead atoms. The Morgan fingerprint density at radius 2 is 1.90 bits per heavy atom. The van der Waals surface area contributed by atoms with Crippen molar-refractivity contribution in [1.29, 1.82) is 0 Å². The molecule has 1 unspecified atom stereocenters. The van der Waals surface area contributed by atoms with Crippen LogP contribution >= 0.6 is 0 Å². The van der Waals surface area contributed by atoms with E-state index in [9.17, 15) is 0 Å². The summed E-state index contributed by atoms with van der Waals surface area (Å²) in [5.74, 6) is 0. The fourth-order valence-electron chi connectivity index (χ4n) is 2.88. The zero-order valence-electron chi connectivity index (χ0n) is 13.6. The zero-order chi connectivity index (χ0) is 14.5. The maximum Gasteiger partial charge on any atom is 0.0291 e. The molecular formula is C18H30N2. The Bertz CT molecular complexity index is 425. The molecule has 0 amide bonds. The molecule has 20 heavy (non-hydrogen) atoms. The van der Waals surface area contributed by atoms with Gasteiger partial charge in [0.25, 0.3) is 0 Å². The number of nitrogens with zero attached hydrogens (tertiary/aromatic N) is 1. The number of hydrogen-bond acceptors (Lipinski definition) is 2. The van der Waals surface area contributed by atoms with Gasteiger partial charge in [0.05, 0.1) is 0 Å². The topological polar surface area (TPSA) is 15.3 Å². The van der Waals surface area contributed by atoms with Crippen LogP contribution in [0.2, 0.25) is 0 Å². The molecule has 1 aromatic rings. The molecule has 112 valence electrons. The number of fused-ring (bicyclic) bond motifs is 1. The first-order chi connectivity index (χ1) is 9.58. The third kappa shape index (κ3) is 4.07. The summed E-state index contributed by atoms with van der Waals surface area (Å²) in [5.41, 5.74) is 4.60. The summed E-state index contributed by atoms with van der Waals surface area (Å²) in [6.45, 7) is 9.04. The Labute approximate surface area is 124 Å². The molecule has 2 rings (SSSR count). The molecule has 0 fully saturated rings. The summed E-state index contributed by atoms with van der Waals surface area (Å²) in [4.78, 5) is 2.40. The first-order valence-electron chi connectivity index (χ1n) is 8.13. The molecule has 0 radical (unpaired) electrons. The molecule has 0 heterocycles. The van der Waals surface area contributed by atoms with Crippen LogP contribution in [0.3, 0.4) is 0 Å². The van der Waals surface area contributed by atoms with E-state index in [1.54, 1.807) is 11.1 Å². The lowest BCUT2D eigenvalue weighted by Gasteiger charge is -2.21. The lowest BCUT2D eigenvalue weighted by Crippen LogP contribution is -2.30. The predicted octanol–water partition coefficient (Wildman–Crippen LogP) is 3.56. The minimum Gasteiger partial charge on any atom is -0.310 e. The zero-order valence-corrected chi connectivity index (χ0v) is 13.6. The van der Waals surface area contributed by atoms with Crippen molar-refractivity contribution in [3.05, 3.63) is 34.9 Å². The highest BCUT2D eigenvalue weighted by molar-refractivity contribution is 5.36. The van der Waals surface area contributed by atoms with Crippen molar-refractivity contribution in [3.63, 3.8) is 0 Å². The Morgan fingerprint density at radius 3 is 2.65 bits per heavy atom. The fourth-order valence-corrected chi connectivity index (χ4v) is 2.88. The van der Waals surface area contributed by atoms with Crippen molar-refractivity contribution < 1.29 is 0 Å². The Hall–Kier alpha value is -0.860. The van der Waals surface area contributed by atoms with Crippen LogP contribution in [0.1, 0.15) is 56.3 Å². The molecule has 1 aliphatic carbocycles. The number of rotatable bonds is 7. The summed E-state index contributed by atoms with van der Waals surface area (Å²) in [6, 6.07) is 8.17. The SMILES string of the molecule is CC(NCCCN(C)C(C)C)c1ccc2c(c1)CCC2. The second-order valence-electron chi connectivity index (χ2n) is 6.49. The van der Waals surface area contributed by atoms with Gasteiger partial charge >= 0.3 is 0 Å². The average Bonchev–Trinajstić information content (AvgIpc) is 2.90. The summed E-state index contributed by atoms with van der Waals surface area (Å²) in [7, 11) is 2.20. The highest BCUT2D eigenvalue weighted by Gasteiger charge is 2.13. The molecule has 0 aromatic heterocycles. The van der Waals surface area contributed by atoms with Crippen molar-refractivity contribution in [1.82, 2.24) is 10.2 Å². The van der Waals surface area contributed by atoms with E-state index in [1.807, 2.05) is 0 Å². The third-order valence-corrected chi connectivity index (χ3v) is 4.64. The second kappa shape index (κ2) is 7.24. The number of benzene rings is 1. The van der Waals surface area contributed by atoms with Gasteiger partial charge in [-0.15, -0.1) is 0 Å². The van der Waals surface area contributed by atoms with Crippen LogP contribution in [0.5, 0.6) is 0 Å². The Morgan fingerprint density at radius 1 is 1.15 bits per heavy atom. The van der Waals surface area contributed by atoms with Crippen LogP contribution in [-0.4, -0.2) is 31.1 Å². The van der Waals surface area contributed by atoms with Gasteiger partial charge in [-0.3, -0.25) is 0 Å². The molecular weight excluding hydrogens is 244 g/mol. The van der Waals surface area contributed by atoms with E-state index in [4.69, 9.17) is 0 Å². The molecule has 1 atom stereocenters. The smallest absolute Gasteiger partial charge is 0.0291 e. The van der Waals surface area contributed by atoms with Crippen molar-refractivity contribution in [2.45, 2.75) is 58.5 Å². The monoisotopic (exact) mass is 274 g/mol. The second-order valence-corrected chi connectivity index (χ2v) is 6.49. The molecule has 0 saturated carbocycles. The number of hydrogen-bond donors (Lipinski definition) is 1. The number of nitrogens with one attached hydrogen (secondary N) is 1. The third-order valence-electron chi connectivity index (χ3n) is 4.64. The summed E-state index contributed by atoms with van der Waals surface area (Å²) in [5, 5.41) is 3.66. The van der Waals surface area contributed by atoms with E-state index in [2.05, 4.69) is 56.2 Å². The predicted molar refractivity (Wildman–Crippen MR) is 87.3 cm³/mol. The fraction of sp³-hybridized carbons (Fsp3) is 0.667. The summed E-state index contributed by atoms with van der Waals surface area (Å²) < 4.78 is 0. The Kier molecular flexibility index (Phi) is 5.62. The van der Waals surface area contributed by atoms with E-state index in [0.717, 1.165) is 6.54 Å². The van der Waals surface area contributed by atoms with Crippen molar-refractivity contribution in [3.8, 4) is 0 Å². The van der Waals surface area contributed by atoms with Crippen LogP contribution in [0.4, 0.5) is 0 Å². The van der Waals surface area contributed by atoms with Gasteiger partial charge in [0, 0.05) is 12.1 Å². The summed E-state index contributed by atoms with van der Waals surface area (Å²) >= 11 is 0. The minimum absolute atomic E-state index is 0.463. The van der Waals surface area contributed by atoms with E-state index in [1.165, 1.54) is 37.8 Å². The average molecular weight is 274 g/mol. The van der Waals surface area contributed by atoms with Crippen LogP contribution < -0.4 is 5.32 Å². The van der Waals surface area contributed by atoms with Crippen LogP contribution in [0.25, 0.3) is 0 Å². The van der Waals surface area contributed by atoms with Gasteiger partial charge in [0.15, 0.2) is 0 Å². The van der Waals surface area contributed by atoms with Gasteiger partial charge in [-0.25, -0.2) is 0 Å². The van der Waals surface area contributed by atoms with Crippen molar-refractivity contribution in [2.75, 3.05) is 20.1 Å². The van der Waals surface area contributed by atoms with Crippen LogP contribution in [-0.2, 0) is 12.8 Å². The van der Waals surface area contributed by atoms with Crippen LogP contribution in [0.15, 0.2) is 18.2 Å². The van der Waals surface area contributed by atoms with E-state index >= 15 is 0 Å². The first-order valence-corrected chi connectivity index (χ1v) is 8.13. The minimum atomic E-state index is 0.463. The molecule has 1 N–H and O–H groups in total. The molecule has 0 aliphatic heterocycles. The van der Waals surface area contributed by atoms with Gasteiger partial charge in [-0.05, 0) is 83.3 Å². The maximum absolute atomic E-state index is 3.66. The van der Waals surface area contributed by atoms with E-state index < -0.39 is 0 Å². The molecule has 2 nitrogen and oxygen atoms in total. The van der Waals surface area contributed by atoms with Gasteiger partial charge in [0.2, 0.25) is 0 Å². The van der Waals surface area contributed by atoms with Gasteiger partial charge in [-0.1, -0.05) is 18.2 Å². The van der Waals surface area contributed by atoms with Crippen molar-refractivity contribution in [2.24, 2.45) is 0 Å². The summed E-state index contributed by atoms with van der Waals surface area (Å²) in [6.07, 6.45) is 5.10. The highest BCUT2D eigenvalue weighted by atomic mass is 15.1. The maximum atomic E-state index is 3.66. The van der Waals surface area contributed by atoms with E-state index in [-0.39, 0.29) is 0 Å². The largest absolute Gasteiger partial charge is 0.310 e. The van der Waals surface area contributed by atoms with Gasteiger partial charge in [0.1, 0.15) is 0 Å². The van der Waals surface area contributed by atoms with Gasteiger partial charge in [-0.2, -0.15) is 0 Å². The highest BCUT2D eigenvalue weighted by Crippen LogP contribution is 2.25. The van der Waals surface area contributed by atoms with E-state index in [0.29, 0.717) is 12.1 Å². The van der Waals surface area contributed by atoms with Crippen LogP contribution in [0, 0.1) is 0 Å². The molecule has 1 aromatic carbocycles. The lowest BCUT2D eigenvalue weighted by molar-refractivity contribution is 0.268. The lowest BCUT2D eigenvalue weighted by atomic mass is 10.0. The Balaban J connectivity index is 1.76. The standard InChI is InChI=1S/C18H30N2/c1-14(2)20(4)12-6-11-19-15(3)17-10-9-16-7-5-8-18(16)13-17/h9-10,13-15,19H,5-8,11-12H2,1-4H3. The quantitative estimate of drug-likeness (QED) is 0.765. The van der Waals surface area contributed by atoms with Gasteiger partial charge < -0.3 is 10.2 Å². The number of aryl methyl sites for hydroxylation is 2. The normalized spacial score (nSPS) is 15.9. The molecule has 2 heteroatoms. The molecule has 1 aliphatic rings. The molecule has 0 spiro atoms. The first kappa shape index (κ1) is 15.5. The molecule has 0 saturated heterocycles. The van der Waals surface area contributed by atoms with Crippen molar-refractivity contribution >= 4 is 0 Å².